The number of amides is 2. The fourth-order valence-corrected chi connectivity index (χ4v) is 4.18. The zero-order chi connectivity index (χ0) is 21.5. The van der Waals surface area contributed by atoms with Crippen LogP contribution in [0.1, 0.15) is 31.8 Å². The summed E-state index contributed by atoms with van der Waals surface area (Å²) >= 11 is 1.16. The molecule has 0 bridgehead atoms. The monoisotopic (exact) mass is 435 g/mol. The minimum atomic E-state index is -0.470. The molecule has 0 spiro atoms. The van der Waals surface area contributed by atoms with E-state index in [1.165, 1.54) is 28.7 Å². The van der Waals surface area contributed by atoms with Gasteiger partial charge in [0.1, 0.15) is 16.8 Å². The Hall–Kier alpha value is -3.92. The van der Waals surface area contributed by atoms with Crippen molar-refractivity contribution in [2.45, 2.75) is 13.1 Å². The van der Waals surface area contributed by atoms with Crippen LogP contribution in [0.25, 0.3) is 10.9 Å². The summed E-state index contributed by atoms with van der Waals surface area (Å²) in [6, 6.07) is 9.14. The van der Waals surface area contributed by atoms with Gasteiger partial charge in [-0.3, -0.25) is 19.9 Å². The van der Waals surface area contributed by atoms with Crippen molar-refractivity contribution in [3.05, 3.63) is 76.2 Å². The van der Waals surface area contributed by atoms with Gasteiger partial charge in [0.2, 0.25) is 5.13 Å². The summed E-state index contributed by atoms with van der Waals surface area (Å²) in [5, 5.41) is 21.8. The second-order valence-electron chi connectivity index (χ2n) is 6.96. The van der Waals surface area contributed by atoms with E-state index in [4.69, 9.17) is 0 Å². The lowest BCUT2D eigenvalue weighted by molar-refractivity contribution is 0.0764. The summed E-state index contributed by atoms with van der Waals surface area (Å²) in [6.45, 7) is 0.317. The first-order valence-corrected chi connectivity index (χ1v) is 10.1. The van der Waals surface area contributed by atoms with E-state index in [1.54, 1.807) is 24.3 Å². The van der Waals surface area contributed by atoms with Crippen molar-refractivity contribution < 1.29 is 19.1 Å². The van der Waals surface area contributed by atoms with Gasteiger partial charge in [-0.1, -0.05) is 29.5 Å². The third-order valence-corrected chi connectivity index (χ3v) is 5.69. The van der Waals surface area contributed by atoms with E-state index in [2.05, 4.69) is 20.5 Å². The summed E-state index contributed by atoms with van der Waals surface area (Å²) in [6.07, 6.45) is 1.48. The van der Waals surface area contributed by atoms with Crippen molar-refractivity contribution in [2.75, 3.05) is 5.32 Å². The van der Waals surface area contributed by atoms with Crippen molar-refractivity contribution in [3.63, 3.8) is 0 Å². The predicted octanol–water partition coefficient (Wildman–Crippen LogP) is 3.34. The number of nitrogens with zero attached hydrogens (tertiary/aromatic N) is 4. The Kier molecular flexibility index (Phi) is 4.55. The molecule has 10 heteroatoms. The van der Waals surface area contributed by atoms with Gasteiger partial charge < -0.3 is 10.0 Å². The first-order valence-electron chi connectivity index (χ1n) is 9.26. The van der Waals surface area contributed by atoms with E-state index in [-0.39, 0.29) is 41.3 Å². The van der Waals surface area contributed by atoms with Crippen molar-refractivity contribution in [2.24, 2.45) is 0 Å². The third kappa shape index (κ3) is 3.26. The highest BCUT2D eigenvalue weighted by Gasteiger charge is 2.36. The molecule has 31 heavy (non-hydrogen) atoms. The molecule has 2 N–H and O–H groups in total. The Labute approximate surface area is 179 Å². The van der Waals surface area contributed by atoms with Crippen LogP contribution in [0.5, 0.6) is 5.75 Å². The number of hydrogen-bond acceptors (Lipinski definition) is 7. The average Bonchev–Trinajstić information content (AvgIpc) is 3.38. The zero-order valence-electron chi connectivity index (χ0n) is 15.9. The number of rotatable bonds is 4. The average molecular weight is 435 g/mol. The Morgan fingerprint density at radius 3 is 2.81 bits per heavy atom. The molecular formula is C21H14FN5O3S. The second kappa shape index (κ2) is 7.40. The number of carbonyl (C=O) groups excluding carboxylic acids is 2. The zero-order valence-corrected chi connectivity index (χ0v) is 16.7. The molecule has 2 aromatic carbocycles. The van der Waals surface area contributed by atoms with E-state index < -0.39 is 11.8 Å². The molecular weight excluding hydrogens is 421 g/mol. The highest BCUT2D eigenvalue weighted by molar-refractivity contribution is 7.13. The van der Waals surface area contributed by atoms with Crippen LogP contribution in [0.2, 0.25) is 0 Å². The summed E-state index contributed by atoms with van der Waals surface area (Å²) in [5.41, 5.74) is 3.10. The molecule has 0 unspecified atom stereocenters. The van der Waals surface area contributed by atoms with Crippen LogP contribution in [0.15, 0.2) is 48.1 Å². The molecule has 3 heterocycles. The largest absolute Gasteiger partial charge is 0.505 e. The van der Waals surface area contributed by atoms with Crippen molar-refractivity contribution in [1.29, 1.82) is 0 Å². The van der Waals surface area contributed by atoms with Gasteiger partial charge in [0.25, 0.3) is 11.8 Å². The fraction of sp³-hybridized carbons (Fsp3) is 0.0952. The number of halogens is 1. The van der Waals surface area contributed by atoms with Crippen molar-refractivity contribution in [1.82, 2.24) is 20.1 Å². The molecule has 154 valence electrons. The number of aromatic hydroxyl groups is 1. The van der Waals surface area contributed by atoms with E-state index in [9.17, 15) is 19.1 Å². The molecule has 5 rings (SSSR count). The van der Waals surface area contributed by atoms with Crippen LogP contribution < -0.4 is 5.32 Å². The second-order valence-corrected chi connectivity index (χ2v) is 7.80. The maximum Gasteiger partial charge on any atom is 0.258 e. The van der Waals surface area contributed by atoms with E-state index in [1.807, 2.05) is 0 Å². The lowest BCUT2D eigenvalue weighted by Crippen LogP contribution is -2.23. The van der Waals surface area contributed by atoms with Crippen LogP contribution in [0.4, 0.5) is 9.52 Å². The van der Waals surface area contributed by atoms with Gasteiger partial charge in [0, 0.05) is 30.2 Å². The Bertz CT molecular complexity index is 1330. The number of benzene rings is 2. The normalized spacial score (nSPS) is 12.9. The van der Waals surface area contributed by atoms with Gasteiger partial charge in [-0.2, -0.15) is 0 Å². The van der Waals surface area contributed by atoms with Gasteiger partial charge in [-0.25, -0.2) is 4.39 Å². The van der Waals surface area contributed by atoms with Crippen LogP contribution in [-0.2, 0) is 13.1 Å². The highest BCUT2D eigenvalue weighted by atomic mass is 32.1. The molecule has 2 aromatic heterocycles. The lowest BCUT2D eigenvalue weighted by Gasteiger charge is -2.15. The Balaban J connectivity index is 1.60. The molecule has 4 aromatic rings. The molecule has 0 saturated carbocycles. The van der Waals surface area contributed by atoms with Crippen LogP contribution >= 0.6 is 11.3 Å². The molecule has 0 saturated heterocycles. The van der Waals surface area contributed by atoms with E-state index in [0.717, 1.165) is 16.9 Å². The van der Waals surface area contributed by atoms with E-state index >= 15 is 0 Å². The topological polar surface area (TPSA) is 108 Å². The highest BCUT2D eigenvalue weighted by Crippen LogP contribution is 2.40. The number of aromatic nitrogens is 3. The first-order chi connectivity index (χ1) is 15.0. The minimum Gasteiger partial charge on any atom is -0.505 e. The number of carbonyl (C=O) groups is 2. The van der Waals surface area contributed by atoms with Gasteiger partial charge in [0.05, 0.1) is 11.1 Å². The number of hydrogen-bond donors (Lipinski definition) is 2. The van der Waals surface area contributed by atoms with Crippen LogP contribution in [0.3, 0.4) is 0 Å². The number of anilines is 1. The Morgan fingerprint density at radius 1 is 1.26 bits per heavy atom. The number of fused-ring (bicyclic) bond motifs is 2. The molecule has 1 aliphatic heterocycles. The molecule has 2 amide bonds. The number of pyridine rings is 1. The van der Waals surface area contributed by atoms with E-state index in [0.29, 0.717) is 16.1 Å². The van der Waals surface area contributed by atoms with Gasteiger partial charge in [-0.05, 0) is 23.8 Å². The molecule has 0 aliphatic carbocycles. The summed E-state index contributed by atoms with van der Waals surface area (Å²) in [4.78, 5) is 32.0. The first kappa shape index (κ1) is 19.1. The quantitative estimate of drug-likeness (QED) is 0.509. The fourth-order valence-electron chi connectivity index (χ4n) is 3.74. The van der Waals surface area contributed by atoms with Crippen molar-refractivity contribution >= 4 is 39.2 Å². The lowest BCUT2D eigenvalue weighted by atomic mass is 9.96. The SMILES string of the molecule is O=C(Nc1nncs1)c1c2c(c(O)c3ncccc13)C(=O)N(Cc1ccc(F)cc1)C2. The summed E-state index contributed by atoms with van der Waals surface area (Å²) in [5.74, 6) is -1.52. The standard InChI is InChI=1S/C21H14FN5O3S/c22-12-5-3-11(4-6-12)8-27-9-14-15(19(29)25-21-26-24-10-31-21)13-2-1-7-23-17(13)18(28)16(14)20(27)30/h1-7,10,28H,8-9H2,(H,25,26,29). The third-order valence-electron chi connectivity index (χ3n) is 5.09. The summed E-state index contributed by atoms with van der Waals surface area (Å²) < 4.78 is 13.2. The number of phenols is 1. The Morgan fingerprint density at radius 2 is 2.06 bits per heavy atom. The molecule has 8 nitrogen and oxygen atoms in total. The van der Waals surface area contributed by atoms with Crippen molar-refractivity contribution in [3.8, 4) is 5.75 Å². The van der Waals surface area contributed by atoms with Gasteiger partial charge in [0.15, 0.2) is 5.75 Å². The summed E-state index contributed by atoms with van der Waals surface area (Å²) in [7, 11) is 0. The molecule has 1 aliphatic rings. The number of phenolic OH excluding ortho intramolecular Hbond substituents is 1. The smallest absolute Gasteiger partial charge is 0.258 e. The molecule has 0 atom stereocenters. The van der Waals surface area contributed by atoms with Gasteiger partial charge >= 0.3 is 0 Å². The molecule has 0 fully saturated rings. The van der Waals surface area contributed by atoms with Crippen LogP contribution in [-0.4, -0.2) is 37.0 Å². The van der Waals surface area contributed by atoms with Crippen LogP contribution in [0, 0.1) is 5.82 Å². The number of nitrogens with one attached hydrogen (secondary N) is 1. The minimum absolute atomic E-state index is 0.0516. The molecule has 0 radical (unpaired) electrons. The van der Waals surface area contributed by atoms with Gasteiger partial charge in [-0.15, -0.1) is 10.2 Å². The maximum absolute atomic E-state index is 13.2. The maximum atomic E-state index is 13.2. The predicted molar refractivity (Wildman–Crippen MR) is 111 cm³/mol.